The summed E-state index contributed by atoms with van der Waals surface area (Å²) in [6.45, 7) is 10.4. The minimum Gasteiger partial charge on any atom is -0.481 e. The molecule has 13 atom stereocenters. The predicted molar refractivity (Wildman–Crippen MR) is 321 cm³/mol. The van der Waals surface area contributed by atoms with E-state index in [1.54, 1.807) is 42.2 Å². The highest BCUT2D eigenvalue weighted by Crippen LogP contribution is 2.35. The van der Waals surface area contributed by atoms with Crippen molar-refractivity contribution >= 4 is 115 Å². The van der Waals surface area contributed by atoms with Crippen LogP contribution in [0.1, 0.15) is 86.0 Å². The van der Waals surface area contributed by atoms with Crippen LogP contribution in [0.25, 0.3) is 11.1 Å². The van der Waals surface area contributed by atoms with E-state index in [1.807, 2.05) is 24.6 Å². The molecule has 10 N–H and O–H groups in total. The fourth-order valence-electron chi connectivity index (χ4n) is 7.53. The van der Waals surface area contributed by atoms with Crippen molar-refractivity contribution in [3.8, 4) is 11.1 Å². The van der Waals surface area contributed by atoms with Crippen LogP contribution in [-0.2, 0) is 62.0 Å². The van der Waals surface area contributed by atoms with E-state index < -0.39 is 74.4 Å². The minimum absolute atomic E-state index is 0.000382. The van der Waals surface area contributed by atoms with Crippen molar-refractivity contribution < 1.29 is 79.1 Å². The average Bonchev–Trinajstić information content (AvgIpc) is 3.42. The molecular formula is C51H80N4O17S8. The van der Waals surface area contributed by atoms with Crippen LogP contribution in [0.5, 0.6) is 0 Å². The first-order chi connectivity index (χ1) is 37.8. The topological polar surface area (TPSA) is 348 Å². The molecule has 8 rings (SSSR count). The number of fused-ring (bicyclic) bond motifs is 2. The van der Waals surface area contributed by atoms with Gasteiger partial charge in [0.1, 0.15) is 30.3 Å². The highest BCUT2D eigenvalue weighted by atomic mass is 33.1. The first-order valence-electron chi connectivity index (χ1n) is 26.1. The van der Waals surface area contributed by atoms with Gasteiger partial charge in [0.2, 0.25) is 0 Å². The number of ether oxygens (including phenoxy) is 2. The maximum absolute atomic E-state index is 12.3. The molecule has 0 aromatic heterocycles. The summed E-state index contributed by atoms with van der Waals surface area (Å²) >= 11 is 0. The highest BCUT2D eigenvalue weighted by Gasteiger charge is 2.41. The SMILES string of the molecule is CC[C@@H](CSSC[C@@H](NC1CCC1C)C(=O)O)C(=O)O.CC[C@@H](CSSC[C@@H](NC1CCC1C)C(C)OC)C(=O)OC.N[C@H](CSSC[C@H](N)C(=O)O)C(=O)O.O=S1(=O)OC2CCC2OS(=O)(=O)c2ccc(cc2)-c2ccc1cc2. The van der Waals surface area contributed by atoms with Crippen molar-refractivity contribution in [1.29, 1.82) is 0 Å². The Hall–Kier alpha value is -2.49. The van der Waals surface area contributed by atoms with E-state index in [0.29, 0.717) is 54.8 Å². The molecular weight excluding hydrogens is 1200 g/mol. The number of nitrogens with one attached hydrogen (secondary N) is 2. The molecule has 80 heavy (non-hydrogen) atoms. The Labute approximate surface area is 495 Å². The monoisotopic (exact) mass is 1280 g/mol. The molecule has 3 aliphatic carbocycles. The molecule has 4 bridgehead atoms. The number of esters is 1. The standard InChI is InChI=1S/C16H31NO3S2.C16H14O6S2.C13H23NO4S2.C6H12N2O4S2/c1-6-13(16(18)20-5)9-21-22-10-15(12(3)19-4)17-14-8-7-11(14)2;17-23(18)13-5-1-11(2-6-13)12-3-7-14(8-4-12)24(19,20)22-16-10-9-15(16)21-23;1-3-9(12(15)16)6-19-20-7-11(13(17)18)14-10-5-4-8(10)2;7-3(5(9)10)1-13-14-2-4(8)6(11)12/h11-15,17H,6-10H2,1-5H3;1-8,15-16H,9-10H2;8-11,14H,3-7H2,1-2H3,(H,15,16)(H,17,18);3-4H,1-2,7-8H2,(H,9,10)(H,11,12)/t11?,12?,13-,14?,15+;;8?,9-,10?,11+;3-,4+/m0.0./s1. The molecule has 6 aliphatic rings. The van der Waals surface area contributed by atoms with Crippen LogP contribution in [-0.4, -0.2) is 170 Å². The summed E-state index contributed by atoms with van der Waals surface area (Å²) in [5, 5.41) is 41.9. The number of hydrogen-bond donors (Lipinski definition) is 8. The van der Waals surface area contributed by atoms with Crippen molar-refractivity contribution in [2.75, 3.05) is 48.7 Å². The summed E-state index contributed by atoms with van der Waals surface area (Å²) < 4.78 is 70.0. The third-order valence-electron chi connectivity index (χ3n) is 13.9. The van der Waals surface area contributed by atoms with Crippen molar-refractivity contribution in [3.63, 3.8) is 0 Å². The van der Waals surface area contributed by atoms with Crippen molar-refractivity contribution in [1.82, 2.24) is 10.6 Å². The normalized spacial score (nSPS) is 23.8. The van der Waals surface area contributed by atoms with Crippen LogP contribution >= 0.6 is 64.8 Å². The van der Waals surface area contributed by atoms with Crippen molar-refractivity contribution in [3.05, 3.63) is 48.5 Å². The number of carboxylic acid groups (broad SMARTS) is 4. The molecule has 2 aromatic rings. The molecule has 3 fully saturated rings. The molecule has 0 spiro atoms. The summed E-state index contributed by atoms with van der Waals surface area (Å²) in [6, 6.07) is 11.5. The number of carboxylic acids is 4. The van der Waals surface area contributed by atoms with Gasteiger partial charge in [0.15, 0.2) is 0 Å². The molecule has 3 aliphatic heterocycles. The van der Waals surface area contributed by atoms with E-state index in [0.717, 1.165) is 47.8 Å². The molecule has 3 saturated carbocycles. The number of nitrogens with two attached hydrogens (primary N) is 2. The van der Waals surface area contributed by atoms with Gasteiger partial charge in [-0.3, -0.25) is 32.3 Å². The number of benzene rings is 2. The van der Waals surface area contributed by atoms with Crippen LogP contribution < -0.4 is 22.1 Å². The first kappa shape index (κ1) is 71.8. The van der Waals surface area contributed by atoms with Gasteiger partial charge >= 0.3 is 29.8 Å². The third-order valence-corrected chi connectivity index (χ3v) is 24.0. The lowest BCUT2D eigenvalue weighted by atomic mass is 9.80. The number of carbonyl (C=O) groups is 5. The van der Waals surface area contributed by atoms with Crippen molar-refractivity contribution in [2.24, 2.45) is 35.1 Å². The summed E-state index contributed by atoms with van der Waals surface area (Å²) in [4.78, 5) is 54.2. The third kappa shape index (κ3) is 24.2. The zero-order valence-corrected chi connectivity index (χ0v) is 52.6. The number of methoxy groups -OCH3 is 2. The molecule has 0 amide bonds. The van der Waals surface area contributed by atoms with Gasteiger partial charge in [-0.2, -0.15) is 16.8 Å². The maximum atomic E-state index is 12.3. The molecule has 0 saturated heterocycles. The largest absolute Gasteiger partial charge is 0.481 e. The Balaban J connectivity index is 0.000000285. The lowest BCUT2D eigenvalue weighted by Crippen LogP contribution is -2.52. The van der Waals surface area contributed by atoms with E-state index >= 15 is 0 Å². The molecule has 29 heteroatoms. The lowest BCUT2D eigenvalue weighted by Gasteiger charge is -2.39. The number of rotatable bonds is 28. The summed E-state index contributed by atoms with van der Waals surface area (Å²) in [5.41, 5.74) is 12.0. The van der Waals surface area contributed by atoms with E-state index in [2.05, 4.69) is 31.4 Å². The summed E-state index contributed by atoms with van der Waals surface area (Å²) in [6.07, 6.45) is 5.67. The van der Waals surface area contributed by atoms with E-state index in [4.69, 9.17) is 44.6 Å². The molecule has 454 valence electrons. The Morgan fingerprint density at radius 3 is 1.31 bits per heavy atom. The van der Waals surface area contributed by atoms with Crippen LogP contribution in [0, 0.1) is 23.7 Å². The smallest absolute Gasteiger partial charge is 0.321 e. The molecule has 21 nitrogen and oxygen atoms in total. The Kier molecular flexibility index (Phi) is 32.6. The maximum Gasteiger partial charge on any atom is 0.321 e. The zero-order valence-electron chi connectivity index (χ0n) is 46.0. The quantitative estimate of drug-likeness (QED) is 0.0181. The Morgan fingerprint density at radius 2 is 0.975 bits per heavy atom. The predicted octanol–water partition coefficient (Wildman–Crippen LogP) is 7.18. The van der Waals surface area contributed by atoms with Gasteiger partial charge in [-0.05, 0) is 106 Å². The fourth-order valence-corrected chi connectivity index (χ4v) is 17.3. The summed E-state index contributed by atoms with van der Waals surface area (Å²) in [7, 11) is 4.18. The van der Waals surface area contributed by atoms with Crippen LogP contribution in [0.4, 0.5) is 0 Å². The number of carbonyl (C=O) groups excluding carboxylic acids is 1. The lowest BCUT2D eigenvalue weighted by molar-refractivity contribution is -0.145. The van der Waals surface area contributed by atoms with Crippen molar-refractivity contribution in [2.45, 2.75) is 150 Å². The van der Waals surface area contributed by atoms with E-state index in [9.17, 15) is 45.9 Å². The van der Waals surface area contributed by atoms with Gasteiger partial charge in [-0.1, -0.05) is 117 Å². The van der Waals surface area contributed by atoms with Crippen LogP contribution in [0.2, 0.25) is 0 Å². The van der Waals surface area contributed by atoms with Crippen LogP contribution in [0.15, 0.2) is 58.3 Å². The van der Waals surface area contributed by atoms with E-state index in [1.165, 1.54) is 87.4 Å². The summed E-state index contributed by atoms with van der Waals surface area (Å²) in [5.74, 6) is 0.345. The van der Waals surface area contributed by atoms with Gasteiger partial charge in [0.25, 0.3) is 20.2 Å². The zero-order chi connectivity index (χ0) is 59.7. The highest BCUT2D eigenvalue weighted by molar-refractivity contribution is 8.77. The Morgan fingerprint density at radius 1 is 0.575 bits per heavy atom. The molecule has 7 unspecified atom stereocenters. The Bertz CT molecular complexity index is 2360. The van der Waals surface area contributed by atoms with Crippen LogP contribution in [0.3, 0.4) is 0 Å². The van der Waals surface area contributed by atoms with Gasteiger partial charge < -0.3 is 52.0 Å². The molecule has 2 aromatic carbocycles. The van der Waals surface area contributed by atoms with E-state index in [-0.39, 0.29) is 45.2 Å². The average molecular weight is 1280 g/mol. The number of aliphatic carboxylic acids is 4. The second-order valence-electron chi connectivity index (χ2n) is 19.6. The first-order valence-corrected chi connectivity index (χ1v) is 36.4. The fraction of sp³-hybridized carbons (Fsp3) is 0.667. The van der Waals surface area contributed by atoms with Gasteiger partial charge in [0, 0.05) is 59.8 Å². The molecule has 3 heterocycles. The van der Waals surface area contributed by atoms with Gasteiger partial charge in [-0.25, -0.2) is 0 Å². The number of hydrogen-bond acceptors (Lipinski definition) is 23. The second-order valence-corrected chi connectivity index (χ2v) is 30.4. The van der Waals surface area contributed by atoms with Gasteiger partial charge in [0.05, 0.1) is 34.8 Å². The minimum atomic E-state index is -3.96. The molecule has 0 radical (unpaired) electrons. The van der Waals surface area contributed by atoms with Gasteiger partial charge in [-0.15, -0.1) is 0 Å². The second kappa shape index (κ2) is 36.4.